The molecule has 1 unspecified atom stereocenters. The number of carbonyl (C=O) groups is 2. The maximum Gasteiger partial charge on any atom is 0.225 e. The van der Waals surface area contributed by atoms with Crippen molar-refractivity contribution in [2.45, 2.75) is 46.0 Å². The van der Waals surface area contributed by atoms with Gasteiger partial charge in [-0.3, -0.25) is 9.59 Å². The number of hydrogen-bond donors (Lipinski definition) is 0. The van der Waals surface area contributed by atoms with Crippen LogP contribution in [-0.4, -0.2) is 48.3 Å². The van der Waals surface area contributed by atoms with E-state index in [4.69, 9.17) is 0 Å². The second-order valence-corrected chi connectivity index (χ2v) is 7.71. The molecule has 0 aliphatic carbocycles. The molecule has 0 bridgehead atoms. The lowest BCUT2D eigenvalue weighted by atomic mass is 9.92. The van der Waals surface area contributed by atoms with Gasteiger partial charge >= 0.3 is 0 Å². The largest absolute Gasteiger partial charge is 0.345 e. The Hall–Kier alpha value is -1.84. The standard InChI is InChI=1S/C21H32N2O2/c1-16(2)21(25)23-12-10-18(11-13-23)14-20(24)22(4)15-17(3)19-8-6-5-7-9-19/h5-9,16-18H,10-15H2,1-4H3. The lowest BCUT2D eigenvalue weighted by Crippen LogP contribution is -2.41. The van der Waals surface area contributed by atoms with Crippen molar-refractivity contribution in [2.75, 3.05) is 26.7 Å². The summed E-state index contributed by atoms with van der Waals surface area (Å²) in [5.74, 6) is 1.25. The van der Waals surface area contributed by atoms with Gasteiger partial charge in [0.25, 0.3) is 0 Å². The molecule has 1 aliphatic rings. The smallest absolute Gasteiger partial charge is 0.225 e. The van der Waals surface area contributed by atoms with Gasteiger partial charge in [-0.25, -0.2) is 0 Å². The van der Waals surface area contributed by atoms with Crippen LogP contribution in [0.25, 0.3) is 0 Å². The number of benzene rings is 1. The molecule has 2 amide bonds. The first kappa shape index (κ1) is 19.5. The minimum Gasteiger partial charge on any atom is -0.345 e. The first-order valence-electron chi connectivity index (χ1n) is 9.46. The third-order valence-corrected chi connectivity index (χ3v) is 5.23. The van der Waals surface area contributed by atoms with Crippen molar-refractivity contribution >= 4 is 11.8 Å². The third-order valence-electron chi connectivity index (χ3n) is 5.23. The molecule has 25 heavy (non-hydrogen) atoms. The second kappa shape index (κ2) is 9.02. The Morgan fingerprint density at radius 1 is 1.12 bits per heavy atom. The molecule has 0 radical (unpaired) electrons. The number of likely N-dealkylation sites (tertiary alicyclic amines) is 1. The zero-order valence-corrected chi connectivity index (χ0v) is 16.1. The van der Waals surface area contributed by atoms with Crippen LogP contribution in [0.1, 0.15) is 51.5 Å². The van der Waals surface area contributed by atoms with Crippen LogP contribution in [0, 0.1) is 11.8 Å². The molecule has 0 N–H and O–H groups in total. The summed E-state index contributed by atoms with van der Waals surface area (Å²) in [4.78, 5) is 28.4. The highest BCUT2D eigenvalue weighted by atomic mass is 16.2. The van der Waals surface area contributed by atoms with Gasteiger partial charge in [-0.05, 0) is 30.2 Å². The molecule has 1 atom stereocenters. The Morgan fingerprint density at radius 2 is 1.72 bits per heavy atom. The van der Waals surface area contributed by atoms with Gasteiger partial charge in [0.15, 0.2) is 0 Å². The fourth-order valence-electron chi connectivity index (χ4n) is 3.52. The summed E-state index contributed by atoms with van der Waals surface area (Å²) >= 11 is 0. The minimum atomic E-state index is 0.0591. The van der Waals surface area contributed by atoms with Gasteiger partial charge in [-0.15, -0.1) is 0 Å². The summed E-state index contributed by atoms with van der Waals surface area (Å²) in [6.07, 6.45) is 2.47. The van der Waals surface area contributed by atoms with Crippen molar-refractivity contribution < 1.29 is 9.59 Å². The number of amides is 2. The molecule has 4 heteroatoms. The molecular formula is C21H32N2O2. The minimum absolute atomic E-state index is 0.0591. The number of piperidine rings is 1. The van der Waals surface area contributed by atoms with Gasteiger partial charge < -0.3 is 9.80 Å². The average Bonchev–Trinajstić information content (AvgIpc) is 2.62. The maximum atomic E-state index is 12.5. The Labute approximate surface area is 152 Å². The van der Waals surface area contributed by atoms with E-state index in [9.17, 15) is 9.59 Å². The van der Waals surface area contributed by atoms with Crippen molar-refractivity contribution in [3.8, 4) is 0 Å². The van der Waals surface area contributed by atoms with E-state index in [0.29, 0.717) is 18.3 Å². The molecule has 2 rings (SSSR count). The van der Waals surface area contributed by atoms with Crippen molar-refractivity contribution in [1.82, 2.24) is 9.80 Å². The summed E-state index contributed by atoms with van der Waals surface area (Å²) in [6, 6.07) is 10.3. The zero-order valence-electron chi connectivity index (χ0n) is 16.1. The van der Waals surface area contributed by atoms with E-state index in [1.54, 1.807) is 0 Å². The predicted octanol–water partition coefficient (Wildman–Crippen LogP) is 3.53. The molecule has 138 valence electrons. The van der Waals surface area contributed by atoms with Crippen LogP contribution >= 0.6 is 0 Å². The van der Waals surface area contributed by atoms with E-state index in [0.717, 1.165) is 32.5 Å². The normalized spacial score (nSPS) is 16.8. The summed E-state index contributed by atoms with van der Waals surface area (Å²) in [5.41, 5.74) is 1.27. The molecule has 1 saturated heterocycles. The maximum absolute atomic E-state index is 12.5. The second-order valence-electron chi connectivity index (χ2n) is 7.71. The fraction of sp³-hybridized carbons (Fsp3) is 0.619. The van der Waals surface area contributed by atoms with E-state index >= 15 is 0 Å². The number of nitrogens with zero attached hydrogens (tertiary/aromatic N) is 2. The van der Waals surface area contributed by atoms with Gasteiger partial charge in [0.1, 0.15) is 0 Å². The zero-order chi connectivity index (χ0) is 18.4. The van der Waals surface area contributed by atoms with Gasteiger partial charge in [-0.2, -0.15) is 0 Å². The SMILES string of the molecule is CC(C)C(=O)N1CCC(CC(=O)N(C)CC(C)c2ccccc2)CC1. The van der Waals surface area contributed by atoms with E-state index in [-0.39, 0.29) is 17.7 Å². The lowest BCUT2D eigenvalue weighted by molar-refractivity contribution is -0.136. The van der Waals surface area contributed by atoms with Crippen LogP contribution in [-0.2, 0) is 9.59 Å². The topological polar surface area (TPSA) is 40.6 Å². The number of carbonyl (C=O) groups excluding carboxylic acids is 2. The van der Waals surface area contributed by atoms with Gasteiger partial charge in [0.2, 0.25) is 11.8 Å². The fourth-order valence-corrected chi connectivity index (χ4v) is 3.52. The third kappa shape index (κ3) is 5.58. The molecule has 1 aliphatic heterocycles. The van der Waals surface area contributed by atoms with E-state index in [1.165, 1.54) is 5.56 Å². The average molecular weight is 344 g/mol. The highest BCUT2D eigenvalue weighted by molar-refractivity contribution is 5.78. The van der Waals surface area contributed by atoms with E-state index in [1.807, 2.05) is 48.9 Å². The van der Waals surface area contributed by atoms with E-state index < -0.39 is 0 Å². The van der Waals surface area contributed by atoms with Crippen molar-refractivity contribution in [2.24, 2.45) is 11.8 Å². The summed E-state index contributed by atoms with van der Waals surface area (Å²) in [7, 11) is 1.90. The highest BCUT2D eigenvalue weighted by Gasteiger charge is 2.26. The number of rotatable bonds is 6. The highest BCUT2D eigenvalue weighted by Crippen LogP contribution is 2.23. The van der Waals surface area contributed by atoms with Crippen LogP contribution < -0.4 is 0 Å². The Bertz CT molecular complexity index is 563. The molecule has 1 aromatic carbocycles. The Balaban J connectivity index is 1.77. The molecule has 1 aromatic rings. The van der Waals surface area contributed by atoms with Crippen molar-refractivity contribution in [3.63, 3.8) is 0 Å². The van der Waals surface area contributed by atoms with Crippen LogP contribution in [0.3, 0.4) is 0 Å². The Morgan fingerprint density at radius 3 is 2.28 bits per heavy atom. The first-order chi connectivity index (χ1) is 11.9. The van der Waals surface area contributed by atoms with Crippen LogP contribution in [0.2, 0.25) is 0 Å². The summed E-state index contributed by atoms with van der Waals surface area (Å²) < 4.78 is 0. The summed E-state index contributed by atoms with van der Waals surface area (Å²) in [6.45, 7) is 8.38. The van der Waals surface area contributed by atoms with Gasteiger partial charge in [0.05, 0.1) is 0 Å². The number of hydrogen-bond acceptors (Lipinski definition) is 2. The molecule has 0 aromatic heterocycles. The van der Waals surface area contributed by atoms with Crippen LogP contribution in [0.4, 0.5) is 0 Å². The molecule has 1 heterocycles. The van der Waals surface area contributed by atoms with Crippen molar-refractivity contribution in [1.29, 1.82) is 0 Å². The predicted molar refractivity (Wildman–Crippen MR) is 101 cm³/mol. The monoisotopic (exact) mass is 344 g/mol. The number of likely N-dealkylation sites (N-methyl/N-ethyl adjacent to an activating group) is 1. The quantitative estimate of drug-likeness (QED) is 0.792. The van der Waals surface area contributed by atoms with Crippen molar-refractivity contribution in [3.05, 3.63) is 35.9 Å². The van der Waals surface area contributed by atoms with Crippen LogP contribution in [0.5, 0.6) is 0 Å². The van der Waals surface area contributed by atoms with Gasteiger partial charge in [-0.1, -0.05) is 51.1 Å². The van der Waals surface area contributed by atoms with Gasteiger partial charge in [0, 0.05) is 39.0 Å². The molecule has 0 saturated carbocycles. The van der Waals surface area contributed by atoms with Crippen LogP contribution in [0.15, 0.2) is 30.3 Å². The first-order valence-corrected chi connectivity index (χ1v) is 9.46. The lowest BCUT2D eigenvalue weighted by Gasteiger charge is -2.33. The Kier molecular flexibility index (Phi) is 7.03. The molecule has 1 fully saturated rings. The molecule has 4 nitrogen and oxygen atoms in total. The molecule has 0 spiro atoms. The molecular weight excluding hydrogens is 312 g/mol. The van der Waals surface area contributed by atoms with E-state index in [2.05, 4.69) is 19.1 Å². The summed E-state index contributed by atoms with van der Waals surface area (Å²) in [5, 5.41) is 0.